The van der Waals surface area contributed by atoms with Crippen molar-refractivity contribution >= 4 is 34.4 Å². The number of hydrogen-bond acceptors (Lipinski definition) is 5. The monoisotopic (exact) mass is 385 g/mol. The maximum Gasteiger partial charge on any atom is 0.328 e. The standard InChI is InChI=1S/C19H23N5O2S/c1-11-14(12(2)21-18(20-11)27-5)7-9-17(25)22-13-6-8-15-16(10-13)24(4)19(26)23(15)3/h6,8,10H,7,9H2,1-5H3,(H,22,25). The van der Waals surface area contributed by atoms with Crippen LogP contribution in [-0.4, -0.2) is 31.3 Å². The molecular weight excluding hydrogens is 362 g/mol. The van der Waals surface area contributed by atoms with Gasteiger partial charge in [-0.15, -0.1) is 0 Å². The Labute approximate surface area is 161 Å². The molecule has 0 unspecified atom stereocenters. The van der Waals surface area contributed by atoms with Crippen LogP contribution in [0.1, 0.15) is 23.4 Å². The molecule has 0 aliphatic heterocycles. The van der Waals surface area contributed by atoms with Gasteiger partial charge in [-0.2, -0.15) is 0 Å². The van der Waals surface area contributed by atoms with Gasteiger partial charge < -0.3 is 5.32 Å². The van der Waals surface area contributed by atoms with Gasteiger partial charge in [-0.3, -0.25) is 13.9 Å². The number of rotatable bonds is 5. The summed E-state index contributed by atoms with van der Waals surface area (Å²) in [6.45, 7) is 3.90. The van der Waals surface area contributed by atoms with Crippen LogP contribution in [0.25, 0.3) is 11.0 Å². The molecule has 27 heavy (non-hydrogen) atoms. The highest BCUT2D eigenvalue weighted by molar-refractivity contribution is 7.98. The van der Waals surface area contributed by atoms with Crippen molar-refractivity contribution in [2.45, 2.75) is 31.8 Å². The summed E-state index contributed by atoms with van der Waals surface area (Å²) < 4.78 is 3.16. The van der Waals surface area contributed by atoms with Crippen LogP contribution < -0.4 is 11.0 Å². The van der Waals surface area contributed by atoms with E-state index in [2.05, 4.69) is 15.3 Å². The summed E-state index contributed by atoms with van der Waals surface area (Å²) in [5.41, 5.74) is 5.06. The van der Waals surface area contributed by atoms with Crippen LogP contribution in [-0.2, 0) is 25.3 Å². The number of anilines is 1. The lowest BCUT2D eigenvalue weighted by Crippen LogP contribution is -2.19. The van der Waals surface area contributed by atoms with Gasteiger partial charge in [0.2, 0.25) is 5.91 Å². The molecule has 1 aromatic carbocycles. The summed E-state index contributed by atoms with van der Waals surface area (Å²) in [7, 11) is 3.46. The van der Waals surface area contributed by atoms with E-state index >= 15 is 0 Å². The highest BCUT2D eigenvalue weighted by Gasteiger charge is 2.12. The zero-order valence-electron chi connectivity index (χ0n) is 16.2. The number of aryl methyl sites for hydroxylation is 4. The van der Waals surface area contributed by atoms with Gasteiger partial charge in [-0.1, -0.05) is 11.8 Å². The maximum absolute atomic E-state index is 12.4. The Hall–Kier alpha value is -2.61. The molecule has 0 radical (unpaired) electrons. The van der Waals surface area contributed by atoms with Crippen LogP contribution in [0, 0.1) is 13.8 Å². The normalized spacial score (nSPS) is 11.1. The number of carbonyl (C=O) groups is 1. The molecule has 2 heterocycles. The number of imidazole rings is 1. The van der Waals surface area contributed by atoms with Crippen LogP contribution in [0.15, 0.2) is 28.2 Å². The molecule has 3 aromatic rings. The quantitative estimate of drug-likeness (QED) is 0.539. The van der Waals surface area contributed by atoms with Crippen molar-refractivity contribution in [3.63, 3.8) is 0 Å². The summed E-state index contributed by atoms with van der Waals surface area (Å²) in [6.07, 6.45) is 2.88. The summed E-state index contributed by atoms with van der Waals surface area (Å²) in [5.74, 6) is -0.0805. The third kappa shape index (κ3) is 3.75. The lowest BCUT2D eigenvalue weighted by molar-refractivity contribution is -0.116. The third-order valence-corrected chi connectivity index (χ3v) is 5.29. The first-order valence-corrected chi connectivity index (χ1v) is 9.87. The lowest BCUT2D eigenvalue weighted by atomic mass is 10.1. The number of thioether (sulfide) groups is 1. The molecule has 3 rings (SSSR count). The molecular formula is C19H23N5O2S. The second-order valence-corrected chi connectivity index (χ2v) is 7.29. The number of aromatic nitrogens is 4. The van der Waals surface area contributed by atoms with Crippen LogP contribution >= 0.6 is 11.8 Å². The van der Waals surface area contributed by atoms with Crippen molar-refractivity contribution in [1.82, 2.24) is 19.1 Å². The van der Waals surface area contributed by atoms with Gasteiger partial charge in [0.25, 0.3) is 0 Å². The molecule has 8 heteroatoms. The van der Waals surface area contributed by atoms with Crippen LogP contribution in [0.2, 0.25) is 0 Å². The molecule has 0 aliphatic carbocycles. The van der Waals surface area contributed by atoms with E-state index in [1.165, 1.54) is 11.8 Å². The minimum Gasteiger partial charge on any atom is -0.326 e. The third-order valence-electron chi connectivity index (χ3n) is 4.74. The smallest absolute Gasteiger partial charge is 0.326 e. The van der Waals surface area contributed by atoms with Crippen molar-refractivity contribution in [2.24, 2.45) is 14.1 Å². The first-order chi connectivity index (χ1) is 12.8. The predicted molar refractivity (Wildman–Crippen MR) is 108 cm³/mol. The molecule has 0 bridgehead atoms. The Kier molecular flexibility index (Phi) is 5.36. The van der Waals surface area contributed by atoms with E-state index in [-0.39, 0.29) is 11.6 Å². The Bertz CT molecular complexity index is 1060. The summed E-state index contributed by atoms with van der Waals surface area (Å²) in [5, 5.41) is 3.66. The Morgan fingerprint density at radius 3 is 2.37 bits per heavy atom. The number of nitrogens with one attached hydrogen (secondary N) is 1. The van der Waals surface area contributed by atoms with Gasteiger partial charge in [-0.05, 0) is 50.3 Å². The van der Waals surface area contributed by atoms with Crippen molar-refractivity contribution < 1.29 is 4.79 Å². The van der Waals surface area contributed by atoms with E-state index in [0.717, 1.165) is 33.1 Å². The molecule has 0 saturated heterocycles. The number of hydrogen-bond donors (Lipinski definition) is 1. The van der Waals surface area contributed by atoms with Gasteiger partial charge in [-0.25, -0.2) is 14.8 Å². The van der Waals surface area contributed by atoms with E-state index in [9.17, 15) is 9.59 Å². The fourth-order valence-electron chi connectivity index (χ4n) is 3.21. The van der Waals surface area contributed by atoms with E-state index < -0.39 is 0 Å². The molecule has 2 aromatic heterocycles. The van der Waals surface area contributed by atoms with E-state index in [4.69, 9.17) is 0 Å². The van der Waals surface area contributed by atoms with Gasteiger partial charge in [0.1, 0.15) is 0 Å². The number of fused-ring (bicyclic) bond motifs is 1. The Balaban J connectivity index is 1.72. The predicted octanol–water partition coefficient (Wildman–Crippen LogP) is 2.58. The molecule has 0 atom stereocenters. The Morgan fingerprint density at radius 2 is 1.74 bits per heavy atom. The van der Waals surface area contributed by atoms with E-state index in [1.54, 1.807) is 23.2 Å². The van der Waals surface area contributed by atoms with Crippen LogP contribution in [0.5, 0.6) is 0 Å². The second kappa shape index (κ2) is 7.56. The fraction of sp³-hybridized carbons (Fsp3) is 0.368. The summed E-state index contributed by atoms with van der Waals surface area (Å²) in [6, 6.07) is 5.48. The first kappa shape index (κ1) is 19.2. The molecule has 142 valence electrons. The summed E-state index contributed by atoms with van der Waals surface area (Å²) in [4.78, 5) is 33.3. The molecule has 1 amide bonds. The van der Waals surface area contributed by atoms with Gasteiger partial charge in [0, 0.05) is 37.6 Å². The minimum atomic E-state index is -0.0897. The molecule has 1 N–H and O–H groups in total. The van der Waals surface area contributed by atoms with Crippen molar-refractivity contribution in [1.29, 1.82) is 0 Å². The van der Waals surface area contributed by atoms with Gasteiger partial charge >= 0.3 is 5.69 Å². The number of nitrogens with zero attached hydrogens (tertiary/aromatic N) is 4. The second-order valence-electron chi connectivity index (χ2n) is 6.51. The molecule has 0 saturated carbocycles. The zero-order chi connectivity index (χ0) is 19.7. The van der Waals surface area contributed by atoms with Crippen LogP contribution in [0.3, 0.4) is 0 Å². The van der Waals surface area contributed by atoms with E-state index in [1.807, 2.05) is 38.3 Å². The highest BCUT2D eigenvalue weighted by Crippen LogP contribution is 2.19. The van der Waals surface area contributed by atoms with Gasteiger partial charge in [0.05, 0.1) is 11.0 Å². The lowest BCUT2D eigenvalue weighted by Gasteiger charge is -2.10. The van der Waals surface area contributed by atoms with Gasteiger partial charge in [0.15, 0.2) is 5.16 Å². The first-order valence-electron chi connectivity index (χ1n) is 8.65. The Morgan fingerprint density at radius 1 is 1.11 bits per heavy atom. The SMILES string of the molecule is CSc1nc(C)c(CCC(=O)Nc2ccc3c(c2)n(C)c(=O)n3C)c(C)n1. The molecule has 0 aliphatic rings. The zero-order valence-corrected chi connectivity index (χ0v) is 17.0. The maximum atomic E-state index is 12.4. The minimum absolute atomic E-state index is 0.0805. The summed E-state index contributed by atoms with van der Waals surface area (Å²) >= 11 is 1.51. The highest BCUT2D eigenvalue weighted by atomic mass is 32.2. The molecule has 0 fully saturated rings. The number of carbonyl (C=O) groups excluding carboxylic acids is 1. The van der Waals surface area contributed by atoms with Crippen molar-refractivity contribution in [3.05, 3.63) is 45.6 Å². The number of benzene rings is 1. The number of amides is 1. The topological polar surface area (TPSA) is 81.8 Å². The molecule has 0 spiro atoms. The largest absolute Gasteiger partial charge is 0.328 e. The van der Waals surface area contributed by atoms with Crippen molar-refractivity contribution in [3.8, 4) is 0 Å². The van der Waals surface area contributed by atoms with E-state index in [0.29, 0.717) is 18.5 Å². The molecule has 7 nitrogen and oxygen atoms in total. The van der Waals surface area contributed by atoms with Crippen molar-refractivity contribution in [2.75, 3.05) is 11.6 Å². The average molecular weight is 385 g/mol. The average Bonchev–Trinajstić information content (AvgIpc) is 2.85. The van der Waals surface area contributed by atoms with Crippen LogP contribution in [0.4, 0.5) is 5.69 Å². The fourth-order valence-corrected chi connectivity index (χ4v) is 3.66.